The predicted molar refractivity (Wildman–Crippen MR) is 75.8 cm³/mol. The standard InChI is InChI=1S/C14H28N2O3/c1-10(2)16(11(3)4)13(17)9-15(6)8-12(5)14(18)19-7/h10-12H,8-9H2,1-7H3. The Morgan fingerprint density at radius 1 is 1.05 bits per heavy atom. The third-order valence-corrected chi connectivity index (χ3v) is 2.99. The van der Waals surface area contributed by atoms with Crippen LogP contribution in [0.1, 0.15) is 34.6 Å². The van der Waals surface area contributed by atoms with Crippen molar-refractivity contribution in [3.8, 4) is 0 Å². The van der Waals surface area contributed by atoms with Crippen LogP contribution >= 0.6 is 0 Å². The van der Waals surface area contributed by atoms with Crippen molar-refractivity contribution in [2.24, 2.45) is 5.92 Å². The number of likely N-dealkylation sites (N-methyl/N-ethyl adjacent to an activating group) is 1. The molecule has 0 N–H and O–H groups in total. The van der Waals surface area contributed by atoms with Crippen molar-refractivity contribution in [3.63, 3.8) is 0 Å². The Balaban J connectivity index is 4.43. The van der Waals surface area contributed by atoms with Crippen LogP contribution in [0.4, 0.5) is 0 Å². The van der Waals surface area contributed by atoms with Crippen molar-refractivity contribution in [2.45, 2.75) is 46.7 Å². The molecule has 112 valence electrons. The Kier molecular flexibility index (Phi) is 7.68. The minimum Gasteiger partial charge on any atom is -0.469 e. The molecule has 0 aliphatic rings. The largest absolute Gasteiger partial charge is 0.469 e. The van der Waals surface area contributed by atoms with E-state index < -0.39 is 0 Å². The Morgan fingerprint density at radius 3 is 1.89 bits per heavy atom. The highest BCUT2D eigenvalue weighted by Gasteiger charge is 2.23. The van der Waals surface area contributed by atoms with Crippen molar-refractivity contribution in [2.75, 3.05) is 27.2 Å². The zero-order valence-corrected chi connectivity index (χ0v) is 13.3. The predicted octanol–water partition coefficient (Wildman–Crippen LogP) is 1.37. The van der Waals surface area contributed by atoms with E-state index in [9.17, 15) is 9.59 Å². The van der Waals surface area contributed by atoms with E-state index in [1.54, 1.807) is 6.92 Å². The molecule has 5 heteroatoms. The lowest BCUT2D eigenvalue weighted by Gasteiger charge is -2.32. The summed E-state index contributed by atoms with van der Waals surface area (Å²) in [7, 11) is 3.22. The van der Waals surface area contributed by atoms with Crippen LogP contribution in [-0.2, 0) is 14.3 Å². The minimum absolute atomic E-state index is 0.0876. The van der Waals surface area contributed by atoms with Crippen molar-refractivity contribution in [1.29, 1.82) is 0 Å². The summed E-state index contributed by atoms with van der Waals surface area (Å²) in [5.41, 5.74) is 0. The second kappa shape index (κ2) is 8.15. The van der Waals surface area contributed by atoms with Crippen LogP contribution in [-0.4, -0.2) is 61.0 Å². The van der Waals surface area contributed by atoms with E-state index in [2.05, 4.69) is 4.74 Å². The molecule has 0 aliphatic heterocycles. The van der Waals surface area contributed by atoms with Crippen LogP contribution in [0.3, 0.4) is 0 Å². The van der Waals surface area contributed by atoms with Crippen LogP contribution < -0.4 is 0 Å². The molecule has 5 nitrogen and oxygen atoms in total. The summed E-state index contributed by atoms with van der Waals surface area (Å²) in [6.45, 7) is 10.7. The van der Waals surface area contributed by atoms with Crippen molar-refractivity contribution in [1.82, 2.24) is 9.80 Å². The number of hydrogen-bond acceptors (Lipinski definition) is 4. The number of ether oxygens (including phenoxy) is 1. The van der Waals surface area contributed by atoms with Gasteiger partial charge in [0.05, 0.1) is 19.6 Å². The first kappa shape index (κ1) is 17.9. The van der Waals surface area contributed by atoms with Gasteiger partial charge in [-0.3, -0.25) is 14.5 Å². The molecule has 0 aliphatic carbocycles. The molecule has 0 saturated carbocycles. The van der Waals surface area contributed by atoms with Gasteiger partial charge in [-0.05, 0) is 34.7 Å². The summed E-state index contributed by atoms with van der Waals surface area (Å²) < 4.78 is 4.68. The topological polar surface area (TPSA) is 49.9 Å². The number of carbonyl (C=O) groups is 2. The molecule has 19 heavy (non-hydrogen) atoms. The minimum atomic E-state index is -0.246. The highest BCUT2D eigenvalue weighted by molar-refractivity contribution is 5.79. The average molecular weight is 272 g/mol. The Hall–Kier alpha value is -1.10. The third kappa shape index (κ3) is 6.05. The lowest BCUT2D eigenvalue weighted by atomic mass is 10.1. The average Bonchev–Trinajstić information content (AvgIpc) is 2.25. The third-order valence-electron chi connectivity index (χ3n) is 2.99. The molecule has 1 amide bonds. The molecule has 0 fully saturated rings. The maximum Gasteiger partial charge on any atom is 0.309 e. The molecule has 0 aromatic carbocycles. The van der Waals surface area contributed by atoms with Crippen LogP contribution in [0.25, 0.3) is 0 Å². The molecule has 0 bridgehead atoms. The Morgan fingerprint density at radius 2 is 1.53 bits per heavy atom. The van der Waals surface area contributed by atoms with Gasteiger partial charge in [0.15, 0.2) is 0 Å². The van der Waals surface area contributed by atoms with Crippen molar-refractivity contribution >= 4 is 11.9 Å². The first-order valence-electron chi connectivity index (χ1n) is 6.78. The number of esters is 1. The van der Waals surface area contributed by atoms with Gasteiger partial charge in [-0.1, -0.05) is 6.92 Å². The van der Waals surface area contributed by atoms with Crippen molar-refractivity contribution in [3.05, 3.63) is 0 Å². The van der Waals surface area contributed by atoms with Gasteiger partial charge in [0, 0.05) is 18.6 Å². The smallest absolute Gasteiger partial charge is 0.309 e. The molecule has 1 unspecified atom stereocenters. The molecule has 0 spiro atoms. The molecule has 0 heterocycles. The van der Waals surface area contributed by atoms with Gasteiger partial charge in [0.2, 0.25) is 5.91 Å². The van der Waals surface area contributed by atoms with E-state index in [1.165, 1.54) is 7.11 Å². The van der Waals surface area contributed by atoms with E-state index in [0.29, 0.717) is 13.1 Å². The molecular weight excluding hydrogens is 244 g/mol. The number of amides is 1. The van der Waals surface area contributed by atoms with Crippen LogP contribution in [0.2, 0.25) is 0 Å². The summed E-state index contributed by atoms with van der Waals surface area (Å²) in [4.78, 5) is 27.3. The fraction of sp³-hybridized carbons (Fsp3) is 0.857. The lowest BCUT2D eigenvalue weighted by Crippen LogP contribution is -2.47. The molecule has 0 aromatic heterocycles. The van der Waals surface area contributed by atoms with Gasteiger partial charge in [-0.15, -0.1) is 0 Å². The van der Waals surface area contributed by atoms with E-state index in [-0.39, 0.29) is 29.9 Å². The highest BCUT2D eigenvalue weighted by Crippen LogP contribution is 2.07. The van der Waals surface area contributed by atoms with Crippen LogP contribution in [0.15, 0.2) is 0 Å². The normalized spacial score (nSPS) is 12.9. The van der Waals surface area contributed by atoms with Crippen LogP contribution in [0.5, 0.6) is 0 Å². The summed E-state index contributed by atoms with van der Waals surface area (Å²) in [5, 5.41) is 0. The fourth-order valence-corrected chi connectivity index (χ4v) is 2.29. The van der Waals surface area contributed by atoms with E-state index >= 15 is 0 Å². The van der Waals surface area contributed by atoms with Gasteiger partial charge in [-0.25, -0.2) is 0 Å². The second-order valence-corrected chi connectivity index (χ2v) is 5.61. The summed E-state index contributed by atoms with van der Waals surface area (Å²) >= 11 is 0. The first-order chi connectivity index (χ1) is 8.70. The first-order valence-corrected chi connectivity index (χ1v) is 6.78. The van der Waals surface area contributed by atoms with Gasteiger partial charge in [0.1, 0.15) is 0 Å². The molecular formula is C14H28N2O3. The fourth-order valence-electron chi connectivity index (χ4n) is 2.29. The summed E-state index contributed by atoms with van der Waals surface area (Å²) in [5.74, 6) is -0.386. The van der Waals surface area contributed by atoms with Crippen molar-refractivity contribution < 1.29 is 14.3 Å². The summed E-state index contributed by atoms with van der Waals surface area (Å²) in [6.07, 6.45) is 0. The number of rotatable bonds is 7. The van der Waals surface area contributed by atoms with Gasteiger partial charge in [-0.2, -0.15) is 0 Å². The van der Waals surface area contributed by atoms with Gasteiger partial charge >= 0.3 is 5.97 Å². The maximum absolute atomic E-state index is 12.2. The molecule has 1 atom stereocenters. The van der Waals surface area contributed by atoms with E-state index in [4.69, 9.17) is 0 Å². The second-order valence-electron chi connectivity index (χ2n) is 5.61. The van der Waals surface area contributed by atoms with E-state index in [0.717, 1.165) is 0 Å². The van der Waals surface area contributed by atoms with E-state index in [1.807, 2.05) is 44.5 Å². The number of methoxy groups -OCH3 is 1. The molecule has 0 radical (unpaired) electrons. The monoisotopic (exact) mass is 272 g/mol. The SMILES string of the molecule is COC(=O)C(C)CN(C)CC(=O)N(C(C)C)C(C)C. The quantitative estimate of drug-likeness (QED) is 0.657. The van der Waals surface area contributed by atoms with Gasteiger partial charge in [0.25, 0.3) is 0 Å². The van der Waals surface area contributed by atoms with Crippen LogP contribution in [0, 0.1) is 5.92 Å². The Bertz CT molecular complexity index is 295. The number of nitrogens with zero attached hydrogens (tertiary/aromatic N) is 2. The molecule has 0 aromatic rings. The molecule has 0 saturated heterocycles. The summed E-state index contributed by atoms with van der Waals surface area (Å²) in [6, 6.07) is 0.359. The highest BCUT2D eigenvalue weighted by atomic mass is 16.5. The number of hydrogen-bond donors (Lipinski definition) is 0. The zero-order valence-electron chi connectivity index (χ0n) is 13.3. The lowest BCUT2D eigenvalue weighted by molar-refractivity contribution is -0.146. The van der Waals surface area contributed by atoms with Gasteiger partial charge < -0.3 is 9.64 Å². The zero-order chi connectivity index (χ0) is 15.2. The molecule has 0 rings (SSSR count). The number of carbonyl (C=O) groups excluding carboxylic acids is 2. The maximum atomic E-state index is 12.2. The Labute approximate surface area is 116 Å².